The molecule has 2 rings (SSSR count). The molecule has 1 aromatic carbocycles. The van der Waals surface area contributed by atoms with E-state index < -0.39 is 58.9 Å². The van der Waals surface area contributed by atoms with E-state index in [2.05, 4.69) is 24.0 Å². The molecule has 1 fully saturated rings. The first-order valence-corrected chi connectivity index (χ1v) is 23.0. The molecule has 1 saturated heterocycles. The zero-order chi connectivity index (χ0) is 48.1. The van der Waals surface area contributed by atoms with Crippen LogP contribution in [0.2, 0.25) is 0 Å². The van der Waals surface area contributed by atoms with E-state index in [1.165, 1.54) is 28.4 Å². The molecule has 1 aliphatic rings. The van der Waals surface area contributed by atoms with Crippen LogP contribution < -0.4 is 4.74 Å². The van der Waals surface area contributed by atoms with Gasteiger partial charge in [0.25, 0.3) is 0 Å². The highest BCUT2D eigenvalue weighted by Gasteiger charge is 2.37. The molecule has 4 atom stereocenters. The summed E-state index contributed by atoms with van der Waals surface area (Å²) < 4.78 is 46.1. The van der Waals surface area contributed by atoms with Gasteiger partial charge in [0.15, 0.2) is 0 Å². The fraction of sp³-hybridized carbons (Fsp3) is 0.792. The summed E-state index contributed by atoms with van der Waals surface area (Å²) in [6, 6.07) is 4.98. The number of esters is 4. The molecule has 0 spiro atoms. The first-order chi connectivity index (χ1) is 30.1. The Morgan fingerprint density at radius 3 is 1.20 bits per heavy atom. The molecule has 0 saturated carbocycles. The van der Waals surface area contributed by atoms with Crippen molar-refractivity contribution in [2.45, 2.75) is 142 Å². The largest absolute Gasteiger partial charge is 0.494 e. The van der Waals surface area contributed by atoms with E-state index in [1.54, 1.807) is 0 Å². The zero-order valence-electron chi connectivity index (χ0n) is 41.8. The Kier molecular flexibility index (Phi) is 24.8. The van der Waals surface area contributed by atoms with Crippen molar-refractivity contribution in [2.75, 3.05) is 107 Å². The van der Waals surface area contributed by atoms with Crippen molar-refractivity contribution >= 4 is 23.9 Å². The van der Waals surface area contributed by atoms with Gasteiger partial charge >= 0.3 is 23.9 Å². The van der Waals surface area contributed by atoms with Crippen LogP contribution in [-0.2, 0) is 58.8 Å². The van der Waals surface area contributed by atoms with Crippen LogP contribution in [0.25, 0.3) is 0 Å². The lowest BCUT2D eigenvalue weighted by Crippen LogP contribution is -2.58. The third-order valence-corrected chi connectivity index (χ3v) is 11.0. The highest BCUT2D eigenvalue weighted by molar-refractivity contribution is 5.77. The average Bonchev–Trinajstić information content (AvgIpc) is 3.23. The summed E-state index contributed by atoms with van der Waals surface area (Å²) in [6.45, 7) is 22.8. The van der Waals surface area contributed by atoms with E-state index in [4.69, 9.17) is 37.9 Å². The molecule has 4 unspecified atom stereocenters. The second-order valence-electron chi connectivity index (χ2n) is 19.3. The lowest BCUT2D eigenvalue weighted by Gasteiger charge is -2.41. The van der Waals surface area contributed by atoms with E-state index in [0.717, 1.165) is 24.2 Å². The van der Waals surface area contributed by atoms with Crippen LogP contribution in [0.5, 0.6) is 5.75 Å². The minimum atomic E-state index is -0.815. The maximum Gasteiger partial charge on any atom is 0.325 e. The third kappa shape index (κ3) is 21.3. The summed E-state index contributed by atoms with van der Waals surface area (Å²) in [4.78, 5) is 62.9. The quantitative estimate of drug-likeness (QED) is 0.0868. The fourth-order valence-corrected chi connectivity index (χ4v) is 7.29. The van der Waals surface area contributed by atoms with Gasteiger partial charge in [0.1, 0.15) is 29.9 Å². The van der Waals surface area contributed by atoms with Gasteiger partial charge in [0, 0.05) is 52.4 Å². The fourth-order valence-electron chi connectivity index (χ4n) is 7.29. The van der Waals surface area contributed by atoms with Crippen molar-refractivity contribution in [2.24, 2.45) is 0 Å². The molecule has 0 aliphatic carbocycles. The highest BCUT2D eigenvalue weighted by atomic mass is 16.5. The lowest BCUT2D eigenvalue weighted by molar-refractivity contribution is -0.157. The number of hydrogen-bond donors (Lipinski definition) is 0. The molecule has 64 heavy (non-hydrogen) atoms. The summed E-state index contributed by atoms with van der Waals surface area (Å²) >= 11 is 0. The number of nitrogens with zero attached hydrogens (tertiary/aromatic N) is 4. The minimum absolute atomic E-state index is 0.0437. The number of aryl methyl sites for hydroxylation is 1. The van der Waals surface area contributed by atoms with Crippen molar-refractivity contribution in [1.29, 1.82) is 0 Å². The zero-order valence-corrected chi connectivity index (χ0v) is 41.8. The Morgan fingerprint density at radius 1 is 0.531 bits per heavy atom. The first kappa shape index (κ1) is 56.7. The number of carbonyl (C=O) groups is 4. The van der Waals surface area contributed by atoms with Gasteiger partial charge in [0.2, 0.25) is 0 Å². The Balaban J connectivity index is 2.71. The third-order valence-electron chi connectivity index (χ3n) is 11.0. The molecule has 0 amide bonds. The molecule has 1 aliphatic heterocycles. The summed E-state index contributed by atoms with van der Waals surface area (Å²) in [5.41, 5.74) is -0.551. The molecule has 16 heteroatoms. The molecule has 1 heterocycles. The lowest BCUT2D eigenvalue weighted by atomic mass is 10.0. The Bertz CT molecular complexity index is 1490. The summed E-state index contributed by atoms with van der Waals surface area (Å²) in [5, 5.41) is 0. The number of methoxy groups -OCH3 is 4. The van der Waals surface area contributed by atoms with Crippen molar-refractivity contribution in [1.82, 2.24) is 19.6 Å². The highest BCUT2D eigenvalue weighted by Crippen LogP contribution is 2.21. The number of rotatable bonds is 22. The number of unbranched alkanes of at least 4 members (excludes halogenated alkanes) is 1. The van der Waals surface area contributed by atoms with Crippen molar-refractivity contribution in [3.63, 3.8) is 0 Å². The molecule has 0 aromatic heterocycles. The van der Waals surface area contributed by atoms with Gasteiger partial charge in [0.05, 0.1) is 71.7 Å². The van der Waals surface area contributed by atoms with Crippen LogP contribution in [0.3, 0.4) is 0 Å². The Morgan fingerprint density at radius 2 is 0.875 bits per heavy atom. The van der Waals surface area contributed by atoms with E-state index in [-0.39, 0.29) is 25.8 Å². The maximum absolute atomic E-state index is 13.9. The van der Waals surface area contributed by atoms with Crippen LogP contribution >= 0.6 is 0 Å². The molecule has 0 N–H and O–H groups in total. The molecular weight excluding hydrogens is 825 g/mol. The van der Waals surface area contributed by atoms with E-state index in [9.17, 15) is 19.2 Å². The van der Waals surface area contributed by atoms with E-state index in [0.29, 0.717) is 78.2 Å². The van der Waals surface area contributed by atoms with Crippen molar-refractivity contribution in [3.8, 4) is 5.75 Å². The van der Waals surface area contributed by atoms with Crippen LogP contribution in [0.15, 0.2) is 24.3 Å². The van der Waals surface area contributed by atoms with Gasteiger partial charge in [-0.1, -0.05) is 25.5 Å². The standard InChI is InChI=1S/C48H84N4O12/c1-15-16-31-61-37-21-17-19-36(32-37)20-18-22-38(42(53)57-11)49-23-25-50(39(43(54)58-12)33-62-46(2,3)4)27-29-52(41(45(56)60-14)35-64-48(8,9)10)30-28-51(26-24-49)40(44(55)59-13)34-63-47(5,6)7/h17,19,21,32,38-41H,15-16,18,20,22-31,33-35H2,1-14H3. The van der Waals surface area contributed by atoms with Crippen molar-refractivity contribution in [3.05, 3.63) is 29.8 Å². The molecule has 1 aromatic rings. The van der Waals surface area contributed by atoms with E-state index in [1.807, 2.05) is 89.1 Å². The number of hydrogen-bond acceptors (Lipinski definition) is 16. The summed E-state index contributed by atoms with van der Waals surface area (Å²) in [5.74, 6) is -0.965. The van der Waals surface area contributed by atoms with Crippen LogP contribution in [0.1, 0.15) is 100 Å². The Labute approximate surface area is 384 Å². The van der Waals surface area contributed by atoms with E-state index >= 15 is 0 Å². The van der Waals surface area contributed by atoms with Crippen molar-refractivity contribution < 1.29 is 57.1 Å². The number of ether oxygens (including phenoxy) is 8. The second kappa shape index (κ2) is 27.9. The number of benzene rings is 1. The number of carbonyl (C=O) groups excluding carboxylic acids is 4. The van der Waals surface area contributed by atoms with Crippen LogP contribution in [-0.4, -0.2) is 192 Å². The maximum atomic E-state index is 13.9. The van der Waals surface area contributed by atoms with Gasteiger partial charge in [-0.25, -0.2) is 0 Å². The normalized spacial score (nSPS) is 17.8. The van der Waals surface area contributed by atoms with Gasteiger partial charge in [-0.05, 0) is 106 Å². The topological polar surface area (TPSA) is 155 Å². The molecule has 368 valence electrons. The van der Waals surface area contributed by atoms with Gasteiger partial charge in [-0.3, -0.25) is 38.8 Å². The van der Waals surface area contributed by atoms with Gasteiger partial charge in [-0.15, -0.1) is 0 Å². The monoisotopic (exact) mass is 909 g/mol. The summed E-state index contributed by atoms with van der Waals surface area (Å²) in [6.07, 6.45) is 3.89. The van der Waals surface area contributed by atoms with Crippen LogP contribution in [0.4, 0.5) is 0 Å². The molecule has 0 radical (unpaired) electrons. The van der Waals surface area contributed by atoms with Gasteiger partial charge < -0.3 is 37.9 Å². The SMILES string of the molecule is CCCCOc1cccc(CCCC(C(=O)OC)N2CCN(C(COC(C)(C)C)C(=O)OC)CCN(C(COC(C)(C)C)C(=O)OC)CCN(C(COC(C)(C)C)C(=O)OC)CC2)c1. The first-order valence-electron chi connectivity index (χ1n) is 23.0. The minimum Gasteiger partial charge on any atom is -0.494 e. The molecular formula is C48H84N4O12. The van der Waals surface area contributed by atoms with Gasteiger partial charge in [-0.2, -0.15) is 0 Å². The molecule has 16 nitrogen and oxygen atoms in total. The smallest absolute Gasteiger partial charge is 0.325 e. The predicted molar refractivity (Wildman–Crippen MR) is 246 cm³/mol. The van der Waals surface area contributed by atoms with Crippen LogP contribution in [0, 0.1) is 0 Å². The Hall–Kier alpha value is -3.38. The second-order valence-corrected chi connectivity index (χ2v) is 19.3. The molecule has 0 bridgehead atoms. The average molecular weight is 909 g/mol. The predicted octanol–water partition coefficient (Wildman–Crippen LogP) is 5.02. The summed E-state index contributed by atoms with van der Waals surface area (Å²) in [7, 11) is 5.46.